The Morgan fingerprint density at radius 2 is 2.09 bits per heavy atom. The summed E-state index contributed by atoms with van der Waals surface area (Å²) in [6.45, 7) is 9.66. The number of halogens is 1. The number of aryl methyl sites for hydroxylation is 1. The smallest absolute Gasteiger partial charge is 0.221 e. The van der Waals surface area contributed by atoms with Crippen LogP contribution in [0.4, 0.5) is 0 Å². The molecule has 2 aromatic rings. The van der Waals surface area contributed by atoms with Gasteiger partial charge in [-0.2, -0.15) is 0 Å². The number of benzene rings is 1. The van der Waals surface area contributed by atoms with E-state index in [4.69, 9.17) is 10.7 Å². The molecular weight excluding hydrogens is 531 g/mol. The van der Waals surface area contributed by atoms with E-state index in [1.165, 1.54) is 5.56 Å². The molecule has 10 heteroatoms. The first-order chi connectivity index (χ1) is 15.6. The number of rotatable bonds is 10. The van der Waals surface area contributed by atoms with Crippen LogP contribution in [0.3, 0.4) is 0 Å². The fraction of sp³-hybridized carbons (Fsp3) is 0.565. The minimum Gasteiger partial charge on any atom is -0.369 e. The quantitative estimate of drug-likeness (QED) is 0.229. The van der Waals surface area contributed by atoms with Gasteiger partial charge < -0.3 is 20.9 Å². The van der Waals surface area contributed by atoms with Crippen molar-refractivity contribution in [1.82, 2.24) is 30.3 Å². The van der Waals surface area contributed by atoms with Crippen LogP contribution in [0.25, 0.3) is 0 Å². The van der Waals surface area contributed by atoms with Crippen molar-refractivity contribution in [1.29, 1.82) is 0 Å². The van der Waals surface area contributed by atoms with Crippen LogP contribution in [-0.4, -0.2) is 57.7 Å². The topological polar surface area (TPSA) is 113 Å². The molecule has 1 unspecified atom stereocenters. The summed E-state index contributed by atoms with van der Waals surface area (Å²) in [4.78, 5) is 18.6. The standard InChI is InChI=1S/C23H36N8O.HI/c1-3-21-29-28-17-31(21)12-10-26-23(25-4-2)27-14-18-7-5-8-19(13-18)15-30-11-6-9-20(16-30)22(24)32;/h5,7-8,13,17,20H,3-4,6,9-12,14-16H2,1-2H3,(H2,24,32)(H2,25,26,27);1H. The molecule has 1 aromatic heterocycles. The highest BCUT2D eigenvalue weighted by atomic mass is 127. The summed E-state index contributed by atoms with van der Waals surface area (Å²) in [5.74, 6) is 1.57. The van der Waals surface area contributed by atoms with Gasteiger partial charge in [-0.25, -0.2) is 4.99 Å². The molecule has 1 aromatic carbocycles. The zero-order chi connectivity index (χ0) is 22.8. The average Bonchev–Trinajstić information content (AvgIpc) is 3.25. The Hall–Kier alpha value is -2.21. The number of carbonyl (C=O) groups is 1. The average molecular weight is 569 g/mol. The van der Waals surface area contributed by atoms with Gasteiger partial charge in [-0.3, -0.25) is 9.69 Å². The summed E-state index contributed by atoms with van der Waals surface area (Å²) >= 11 is 0. The first-order valence-electron chi connectivity index (χ1n) is 11.6. The normalized spacial score (nSPS) is 16.8. The molecule has 9 nitrogen and oxygen atoms in total. The van der Waals surface area contributed by atoms with Gasteiger partial charge in [0.2, 0.25) is 5.91 Å². The molecule has 1 fully saturated rings. The van der Waals surface area contributed by atoms with Crippen molar-refractivity contribution in [2.24, 2.45) is 16.6 Å². The number of nitrogens with two attached hydrogens (primary N) is 1. The first-order valence-corrected chi connectivity index (χ1v) is 11.6. The second-order valence-corrected chi connectivity index (χ2v) is 8.21. The lowest BCUT2D eigenvalue weighted by Gasteiger charge is -2.31. The summed E-state index contributed by atoms with van der Waals surface area (Å²) in [5.41, 5.74) is 7.92. The van der Waals surface area contributed by atoms with Crippen LogP contribution in [0.2, 0.25) is 0 Å². The SMILES string of the molecule is CCNC(=NCc1cccc(CN2CCCC(C(N)=O)C2)c1)NCCn1cnnc1CC.I. The maximum absolute atomic E-state index is 11.5. The van der Waals surface area contributed by atoms with Crippen LogP contribution in [0.15, 0.2) is 35.6 Å². The second kappa shape index (κ2) is 14.1. The van der Waals surface area contributed by atoms with Gasteiger partial charge in [0.15, 0.2) is 5.96 Å². The van der Waals surface area contributed by atoms with Gasteiger partial charge in [-0.1, -0.05) is 31.2 Å². The Morgan fingerprint density at radius 3 is 2.85 bits per heavy atom. The molecule has 1 aliphatic heterocycles. The summed E-state index contributed by atoms with van der Waals surface area (Å²) in [6, 6.07) is 8.51. The Kier molecular flexibility index (Phi) is 11.6. The molecule has 2 heterocycles. The van der Waals surface area contributed by atoms with Crippen LogP contribution in [0.5, 0.6) is 0 Å². The molecule has 0 radical (unpaired) electrons. The predicted molar refractivity (Wildman–Crippen MR) is 141 cm³/mol. The molecule has 1 saturated heterocycles. The van der Waals surface area contributed by atoms with E-state index in [1.54, 1.807) is 6.33 Å². The second-order valence-electron chi connectivity index (χ2n) is 8.21. The molecule has 0 aliphatic carbocycles. The highest BCUT2D eigenvalue weighted by Gasteiger charge is 2.23. The third-order valence-corrected chi connectivity index (χ3v) is 5.73. The van der Waals surface area contributed by atoms with Crippen LogP contribution in [0, 0.1) is 5.92 Å². The fourth-order valence-electron chi connectivity index (χ4n) is 4.06. The van der Waals surface area contributed by atoms with E-state index >= 15 is 0 Å². The lowest BCUT2D eigenvalue weighted by molar-refractivity contribution is -0.123. The van der Waals surface area contributed by atoms with Crippen molar-refractivity contribution < 1.29 is 4.79 Å². The van der Waals surface area contributed by atoms with Gasteiger partial charge in [0, 0.05) is 39.1 Å². The summed E-state index contributed by atoms with van der Waals surface area (Å²) in [7, 11) is 0. The minimum absolute atomic E-state index is 0. The molecule has 33 heavy (non-hydrogen) atoms. The van der Waals surface area contributed by atoms with E-state index in [-0.39, 0.29) is 35.8 Å². The highest BCUT2D eigenvalue weighted by Crippen LogP contribution is 2.19. The van der Waals surface area contributed by atoms with Crippen molar-refractivity contribution in [3.8, 4) is 0 Å². The predicted octanol–water partition coefficient (Wildman–Crippen LogP) is 1.91. The monoisotopic (exact) mass is 568 g/mol. The number of carbonyl (C=O) groups excluding carboxylic acids is 1. The number of aromatic nitrogens is 3. The first kappa shape index (κ1) is 27.0. The summed E-state index contributed by atoms with van der Waals surface area (Å²) < 4.78 is 2.06. The van der Waals surface area contributed by atoms with Crippen molar-refractivity contribution in [2.75, 3.05) is 26.2 Å². The molecule has 0 spiro atoms. The van der Waals surface area contributed by atoms with E-state index in [0.29, 0.717) is 6.54 Å². The van der Waals surface area contributed by atoms with Crippen LogP contribution in [-0.2, 0) is 30.8 Å². The number of amides is 1. The van der Waals surface area contributed by atoms with E-state index in [0.717, 1.165) is 75.9 Å². The number of primary amides is 1. The highest BCUT2D eigenvalue weighted by molar-refractivity contribution is 14.0. The number of piperidine rings is 1. The van der Waals surface area contributed by atoms with Gasteiger partial charge in [0.05, 0.1) is 12.5 Å². The third kappa shape index (κ3) is 8.58. The summed E-state index contributed by atoms with van der Waals surface area (Å²) in [6.07, 6.45) is 4.55. The lowest BCUT2D eigenvalue weighted by atomic mass is 9.97. The van der Waals surface area contributed by atoms with Gasteiger partial charge in [0.1, 0.15) is 12.2 Å². The van der Waals surface area contributed by atoms with Crippen LogP contribution >= 0.6 is 24.0 Å². The molecule has 3 rings (SSSR count). The molecular formula is C23H37IN8O. The van der Waals surface area contributed by atoms with Crippen LogP contribution < -0.4 is 16.4 Å². The number of nitrogens with one attached hydrogen (secondary N) is 2. The Bertz CT molecular complexity index is 900. The number of likely N-dealkylation sites (tertiary alicyclic amines) is 1. The number of hydrogen-bond donors (Lipinski definition) is 3. The number of guanidine groups is 1. The molecule has 0 saturated carbocycles. The van der Waals surface area contributed by atoms with Crippen molar-refractivity contribution in [3.05, 3.63) is 47.5 Å². The Morgan fingerprint density at radius 1 is 1.27 bits per heavy atom. The van der Waals surface area contributed by atoms with Crippen molar-refractivity contribution in [2.45, 2.75) is 52.7 Å². The molecule has 1 amide bonds. The van der Waals surface area contributed by atoms with E-state index in [2.05, 4.69) is 68.4 Å². The molecule has 4 N–H and O–H groups in total. The maximum atomic E-state index is 11.5. The Labute approximate surface area is 213 Å². The zero-order valence-electron chi connectivity index (χ0n) is 19.7. The fourth-order valence-corrected chi connectivity index (χ4v) is 4.06. The lowest BCUT2D eigenvalue weighted by Crippen LogP contribution is -2.40. The maximum Gasteiger partial charge on any atom is 0.221 e. The number of nitrogens with zero attached hydrogens (tertiary/aromatic N) is 5. The van der Waals surface area contributed by atoms with Gasteiger partial charge in [0.25, 0.3) is 0 Å². The van der Waals surface area contributed by atoms with E-state index in [1.807, 2.05) is 0 Å². The Balaban J connectivity index is 0.00000385. The van der Waals surface area contributed by atoms with Crippen molar-refractivity contribution >= 4 is 35.8 Å². The zero-order valence-corrected chi connectivity index (χ0v) is 22.0. The van der Waals surface area contributed by atoms with Gasteiger partial charge in [-0.15, -0.1) is 34.2 Å². The van der Waals surface area contributed by atoms with E-state index < -0.39 is 0 Å². The van der Waals surface area contributed by atoms with Crippen LogP contribution in [0.1, 0.15) is 43.6 Å². The van der Waals surface area contributed by atoms with E-state index in [9.17, 15) is 4.79 Å². The molecule has 1 aliphatic rings. The van der Waals surface area contributed by atoms with Gasteiger partial charge in [-0.05, 0) is 37.4 Å². The summed E-state index contributed by atoms with van der Waals surface area (Å²) in [5, 5.41) is 14.8. The third-order valence-electron chi connectivity index (χ3n) is 5.73. The minimum atomic E-state index is -0.184. The largest absolute Gasteiger partial charge is 0.369 e. The van der Waals surface area contributed by atoms with Crippen molar-refractivity contribution in [3.63, 3.8) is 0 Å². The number of aliphatic imine (C=N–C) groups is 1. The molecule has 0 bridgehead atoms. The molecule has 1 atom stereocenters. The van der Waals surface area contributed by atoms with Gasteiger partial charge >= 0.3 is 0 Å². The molecule has 182 valence electrons. The number of hydrogen-bond acceptors (Lipinski definition) is 5.